The van der Waals surface area contributed by atoms with E-state index in [0.717, 1.165) is 19.3 Å². The van der Waals surface area contributed by atoms with E-state index in [4.69, 9.17) is 5.11 Å². The minimum atomic E-state index is -0.753. The van der Waals surface area contributed by atoms with Crippen molar-refractivity contribution in [1.29, 1.82) is 0 Å². The van der Waals surface area contributed by atoms with E-state index in [9.17, 15) is 9.59 Å². The van der Waals surface area contributed by atoms with Crippen LogP contribution in [0, 0.1) is 0 Å². The highest BCUT2D eigenvalue weighted by Crippen LogP contribution is 2.08. The topological polar surface area (TPSA) is 79.3 Å². The summed E-state index contributed by atoms with van der Waals surface area (Å²) in [4.78, 5) is 26.0. The molecular weight excluding hydrogens is 312 g/mol. The van der Waals surface area contributed by atoms with Gasteiger partial charge in [0, 0.05) is 24.7 Å². The standard InChI is InChI=1S/C13H17BrN2O3/c14-11-9-10(6-8-15-11)13(19)16-7-4-2-1-3-5-12(17)18/h6,8-9H,1-5,7H2,(H,16,19)(H,17,18). The first-order valence-corrected chi connectivity index (χ1v) is 7.00. The van der Waals surface area contributed by atoms with Crippen molar-refractivity contribution in [2.45, 2.75) is 32.1 Å². The van der Waals surface area contributed by atoms with E-state index in [0.29, 0.717) is 23.1 Å². The molecule has 19 heavy (non-hydrogen) atoms. The Morgan fingerprint density at radius 3 is 2.68 bits per heavy atom. The zero-order chi connectivity index (χ0) is 14.1. The molecule has 1 heterocycles. The predicted molar refractivity (Wildman–Crippen MR) is 75.0 cm³/mol. The number of pyridine rings is 1. The molecule has 0 fully saturated rings. The Bertz CT molecular complexity index is 438. The lowest BCUT2D eigenvalue weighted by molar-refractivity contribution is -0.137. The average molecular weight is 329 g/mol. The third-order valence-electron chi connectivity index (χ3n) is 2.59. The smallest absolute Gasteiger partial charge is 0.303 e. The summed E-state index contributed by atoms with van der Waals surface area (Å²) in [5.74, 6) is -0.870. The molecule has 5 nitrogen and oxygen atoms in total. The second kappa shape index (κ2) is 8.63. The lowest BCUT2D eigenvalue weighted by atomic mass is 10.1. The number of aromatic nitrogens is 1. The number of carbonyl (C=O) groups excluding carboxylic acids is 1. The molecule has 0 unspecified atom stereocenters. The van der Waals surface area contributed by atoms with Gasteiger partial charge in [0.2, 0.25) is 0 Å². The van der Waals surface area contributed by atoms with Gasteiger partial charge in [-0.15, -0.1) is 0 Å². The summed E-state index contributed by atoms with van der Waals surface area (Å²) in [6, 6.07) is 3.33. The van der Waals surface area contributed by atoms with Gasteiger partial charge in [-0.1, -0.05) is 12.8 Å². The Balaban J connectivity index is 2.12. The van der Waals surface area contributed by atoms with Gasteiger partial charge >= 0.3 is 5.97 Å². The van der Waals surface area contributed by atoms with E-state index in [-0.39, 0.29) is 12.3 Å². The van der Waals surface area contributed by atoms with Gasteiger partial charge in [0.05, 0.1) is 0 Å². The van der Waals surface area contributed by atoms with E-state index in [1.54, 1.807) is 18.3 Å². The maximum atomic E-state index is 11.7. The number of carbonyl (C=O) groups is 2. The van der Waals surface area contributed by atoms with Gasteiger partial charge < -0.3 is 10.4 Å². The first-order chi connectivity index (χ1) is 9.09. The fourth-order valence-corrected chi connectivity index (χ4v) is 1.97. The second-order valence-electron chi connectivity index (χ2n) is 4.18. The Kier molecular flexibility index (Phi) is 7.10. The first-order valence-electron chi connectivity index (χ1n) is 6.21. The number of amides is 1. The van der Waals surface area contributed by atoms with Gasteiger partial charge in [-0.3, -0.25) is 9.59 Å². The van der Waals surface area contributed by atoms with Gasteiger partial charge in [0.25, 0.3) is 5.91 Å². The zero-order valence-corrected chi connectivity index (χ0v) is 12.1. The normalized spacial score (nSPS) is 10.2. The van der Waals surface area contributed by atoms with E-state index < -0.39 is 5.97 Å². The largest absolute Gasteiger partial charge is 0.481 e. The van der Waals surface area contributed by atoms with Crippen molar-refractivity contribution in [3.63, 3.8) is 0 Å². The minimum absolute atomic E-state index is 0.117. The number of aliphatic carboxylic acids is 1. The third-order valence-corrected chi connectivity index (χ3v) is 3.03. The van der Waals surface area contributed by atoms with Crippen molar-refractivity contribution in [3.05, 3.63) is 28.5 Å². The average Bonchev–Trinajstić information content (AvgIpc) is 2.37. The number of halogens is 1. The van der Waals surface area contributed by atoms with Crippen molar-refractivity contribution in [1.82, 2.24) is 10.3 Å². The molecule has 6 heteroatoms. The molecule has 0 aliphatic carbocycles. The molecule has 0 aliphatic rings. The number of nitrogens with one attached hydrogen (secondary N) is 1. The van der Waals surface area contributed by atoms with Crippen LogP contribution >= 0.6 is 15.9 Å². The molecule has 0 radical (unpaired) electrons. The molecule has 0 spiro atoms. The molecule has 1 rings (SSSR count). The van der Waals surface area contributed by atoms with Gasteiger partial charge in [-0.05, 0) is 40.9 Å². The monoisotopic (exact) mass is 328 g/mol. The highest BCUT2D eigenvalue weighted by Gasteiger charge is 2.05. The Morgan fingerprint density at radius 2 is 2.00 bits per heavy atom. The summed E-state index contributed by atoms with van der Waals surface area (Å²) in [6.45, 7) is 0.603. The summed E-state index contributed by atoms with van der Waals surface area (Å²) in [5, 5.41) is 11.3. The summed E-state index contributed by atoms with van der Waals surface area (Å²) in [7, 11) is 0. The van der Waals surface area contributed by atoms with Crippen LogP contribution in [0.15, 0.2) is 22.9 Å². The molecule has 0 aromatic carbocycles. The first kappa shape index (κ1) is 15.6. The zero-order valence-electron chi connectivity index (χ0n) is 10.6. The molecule has 1 amide bonds. The van der Waals surface area contributed by atoms with Crippen LogP contribution in [0.1, 0.15) is 42.5 Å². The molecule has 0 saturated carbocycles. The van der Waals surface area contributed by atoms with E-state index >= 15 is 0 Å². The molecule has 104 valence electrons. The van der Waals surface area contributed by atoms with Crippen LogP contribution in [0.5, 0.6) is 0 Å². The predicted octanol–water partition coefficient (Wildman–Crippen LogP) is 2.61. The molecule has 1 aromatic rings. The van der Waals surface area contributed by atoms with Crippen LogP contribution in [-0.4, -0.2) is 28.5 Å². The fourth-order valence-electron chi connectivity index (χ4n) is 1.60. The minimum Gasteiger partial charge on any atom is -0.481 e. The maximum absolute atomic E-state index is 11.7. The van der Waals surface area contributed by atoms with Crippen molar-refractivity contribution in [2.75, 3.05) is 6.54 Å². The lowest BCUT2D eigenvalue weighted by Crippen LogP contribution is -2.24. The number of rotatable bonds is 8. The molecule has 2 N–H and O–H groups in total. The highest BCUT2D eigenvalue weighted by molar-refractivity contribution is 9.10. The van der Waals surface area contributed by atoms with Gasteiger partial charge in [-0.2, -0.15) is 0 Å². The van der Waals surface area contributed by atoms with Crippen LogP contribution < -0.4 is 5.32 Å². The summed E-state index contributed by atoms with van der Waals surface area (Å²) < 4.78 is 0.633. The van der Waals surface area contributed by atoms with Crippen LogP contribution in [0.3, 0.4) is 0 Å². The fraction of sp³-hybridized carbons (Fsp3) is 0.462. The van der Waals surface area contributed by atoms with Gasteiger partial charge in [0.15, 0.2) is 0 Å². The molecule has 0 atom stereocenters. The van der Waals surface area contributed by atoms with Crippen molar-refractivity contribution >= 4 is 27.8 Å². The summed E-state index contributed by atoms with van der Waals surface area (Å²) in [6.07, 6.45) is 5.15. The number of nitrogens with zero attached hydrogens (tertiary/aromatic N) is 1. The van der Waals surface area contributed by atoms with Crippen LogP contribution in [0.4, 0.5) is 0 Å². The summed E-state index contributed by atoms with van der Waals surface area (Å²) in [5.41, 5.74) is 0.577. The SMILES string of the molecule is O=C(O)CCCCCCNC(=O)c1ccnc(Br)c1. The number of hydrogen-bond donors (Lipinski definition) is 2. The quantitative estimate of drug-likeness (QED) is 0.568. The molecule has 1 aromatic heterocycles. The Morgan fingerprint density at radius 1 is 1.26 bits per heavy atom. The maximum Gasteiger partial charge on any atom is 0.303 e. The van der Waals surface area contributed by atoms with Crippen molar-refractivity contribution in [2.24, 2.45) is 0 Å². The molecule has 0 bridgehead atoms. The molecule has 0 aliphatic heterocycles. The summed E-state index contributed by atoms with van der Waals surface area (Å²) >= 11 is 3.21. The highest BCUT2D eigenvalue weighted by atomic mass is 79.9. The van der Waals surface area contributed by atoms with Crippen LogP contribution in [-0.2, 0) is 4.79 Å². The van der Waals surface area contributed by atoms with E-state index in [1.165, 1.54) is 0 Å². The number of hydrogen-bond acceptors (Lipinski definition) is 3. The third kappa shape index (κ3) is 6.91. The molecular formula is C13H17BrN2O3. The van der Waals surface area contributed by atoms with E-state index in [1.807, 2.05) is 0 Å². The van der Waals surface area contributed by atoms with Crippen LogP contribution in [0.2, 0.25) is 0 Å². The number of carboxylic acids is 1. The van der Waals surface area contributed by atoms with Crippen molar-refractivity contribution < 1.29 is 14.7 Å². The van der Waals surface area contributed by atoms with Crippen LogP contribution in [0.25, 0.3) is 0 Å². The lowest BCUT2D eigenvalue weighted by Gasteiger charge is -2.05. The van der Waals surface area contributed by atoms with Gasteiger partial charge in [-0.25, -0.2) is 4.98 Å². The van der Waals surface area contributed by atoms with E-state index in [2.05, 4.69) is 26.2 Å². The molecule has 0 saturated heterocycles. The Labute approximate surface area is 120 Å². The van der Waals surface area contributed by atoms with Crippen molar-refractivity contribution in [3.8, 4) is 0 Å². The number of unbranched alkanes of at least 4 members (excludes halogenated alkanes) is 3. The number of carboxylic acid groups (broad SMARTS) is 1. The van der Waals surface area contributed by atoms with Gasteiger partial charge in [0.1, 0.15) is 4.60 Å². The Hall–Kier alpha value is -1.43. The second-order valence-corrected chi connectivity index (χ2v) is 4.99.